The molecule has 2 aliphatic rings. The molecule has 0 amide bonds. The lowest BCUT2D eigenvalue weighted by atomic mass is 9.71. The molecule has 2 aromatic rings. The maximum Gasteiger partial charge on any atom is 0.118 e. The fraction of sp³-hybridized carbons (Fsp3) is 0.591. The first-order valence-corrected chi connectivity index (χ1v) is 10.1. The first kappa shape index (κ1) is 18.7. The van der Waals surface area contributed by atoms with Crippen molar-refractivity contribution < 1.29 is 9.15 Å². The van der Waals surface area contributed by atoms with Gasteiger partial charge in [0.15, 0.2) is 0 Å². The molecule has 4 heterocycles. The van der Waals surface area contributed by atoms with Crippen LogP contribution in [0.3, 0.4) is 0 Å². The Bertz CT molecular complexity index is 722. The maximum atomic E-state index is 5.77. The van der Waals surface area contributed by atoms with E-state index in [1.807, 2.05) is 26.3 Å². The first-order valence-electron chi connectivity index (χ1n) is 10.1. The van der Waals surface area contributed by atoms with Gasteiger partial charge in [0.05, 0.1) is 18.8 Å². The molecular formula is C22H31N3O2. The second-order valence-corrected chi connectivity index (χ2v) is 8.29. The van der Waals surface area contributed by atoms with E-state index in [4.69, 9.17) is 9.15 Å². The number of piperidine rings is 1. The summed E-state index contributed by atoms with van der Waals surface area (Å²) >= 11 is 0. The van der Waals surface area contributed by atoms with Crippen molar-refractivity contribution in [2.45, 2.75) is 32.9 Å². The van der Waals surface area contributed by atoms with Gasteiger partial charge < -0.3 is 9.15 Å². The zero-order chi connectivity index (χ0) is 18.7. The Morgan fingerprint density at radius 1 is 1.15 bits per heavy atom. The van der Waals surface area contributed by atoms with Crippen molar-refractivity contribution >= 4 is 0 Å². The van der Waals surface area contributed by atoms with E-state index in [0.29, 0.717) is 11.3 Å². The van der Waals surface area contributed by atoms with E-state index in [1.54, 1.807) is 0 Å². The minimum Gasteiger partial charge on any atom is -0.465 e. The quantitative estimate of drug-likeness (QED) is 0.781. The summed E-state index contributed by atoms with van der Waals surface area (Å²) in [4.78, 5) is 9.63. The largest absolute Gasteiger partial charge is 0.465 e. The Hall–Kier alpha value is -1.69. The minimum atomic E-state index is 0.375. The number of ether oxygens (including phenoxy) is 1. The molecule has 0 aromatic carbocycles. The molecule has 5 heteroatoms. The molecule has 2 saturated heterocycles. The van der Waals surface area contributed by atoms with Crippen LogP contribution in [0.4, 0.5) is 0 Å². The Morgan fingerprint density at radius 3 is 2.67 bits per heavy atom. The number of likely N-dealkylation sites (tertiary alicyclic amines) is 2. The standard InChI is InChI=1S/C22H31N3O2/c1-18-6-7-21(27-18)15-24-11-8-22(9-12-24)17-25(13-19(22)16-26-2)14-20-5-3-4-10-23-20/h3-7,10,19H,8-9,11-17H2,1-2H3/t19-/m0/s1. The average molecular weight is 370 g/mol. The van der Waals surface area contributed by atoms with Gasteiger partial charge in [-0.1, -0.05) is 6.07 Å². The number of pyridine rings is 1. The van der Waals surface area contributed by atoms with Crippen molar-refractivity contribution in [2.75, 3.05) is 39.9 Å². The van der Waals surface area contributed by atoms with Gasteiger partial charge in [-0.25, -0.2) is 0 Å². The monoisotopic (exact) mass is 369 g/mol. The summed E-state index contributed by atoms with van der Waals surface area (Å²) < 4.78 is 11.4. The molecule has 2 aromatic heterocycles. The van der Waals surface area contributed by atoms with Gasteiger partial charge in [-0.15, -0.1) is 0 Å². The normalized spacial score (nSPS) is 23.3. The molecule has 5 nitrogen and oxygen atoms in total. The predicted molar refractivity (Wildman–Crippen MR) is 105 cm³/mol. The smallest absolute Gasteiger partial charge is 0.118 e. The van der Waals surface area contributed by atoms with E-state index in [1.165, 1.54) is 12.8 Å². The number of hydrogen-bond donors (Lipinski definition) is 0. The third-order valence-corrected chi connectivity index (χ3v) is 6.39. The van der Waals surface area contributed by atoms with Gasteiger partial charge >= 0.3 is 0 Å². The van der Waals surface area contributed by atoms with Crippen LogP contribution in [0, 0.1) is 18.3 Å². The number of furan rings is 1. The number of nitrogens with zero attached hydrogens (tertiary/aromatic N) is 3. The molecule has 0 unspecified atom stereocenters. The van der Waals surface area contributed by atoms with Crippen LogP contribution in [-0.4, -0.2) is 54.7 Å². The Morgan fingerprint density at radius 2 is 2.00 bits per heavy atom. The van der Waals surface area contributed by atoms with Crippen molar-refractivity contribution in [3.05, 3.63) is 53.7 Å². The first-order chi connectivity index (χ1) is 13.2. The highest BCUT2D eigenvalue weighted by Crippen LogP contribution is 2.45. The zero-order valence-corrected chi connectivity index (χ0v) is 16.6. The molecule has 2 fully saturated rings. The van der Waals surface area contributed by atoms with Gasteiger partial charge in [0.2, 0.25) is 0 Å². The van der Waals surface area contributed by atoms with Gasteiger partial charge in [0.1, 0.15) is 11.5 Å². The van der Waals surface area contributed by atoms with E-state index < -0.39 is 0 Å². The highest BCUT2D eigenvalue weighted by atomic mass is 16.5. The molecule has 0 radical (unpaired) electrons. The van der Waals surface area contributed by atoms with Gasteiger partial charge in [-0.2, -0.15) is 0 Å². The van der Waals surface area contributed by atoms with Crippen molar-refractivity contribution in [3.63, 3.8) is 0 Å². The summed E-state index contributed by atoms with van der Waals surface area (Å²) in [6, 6.07) is 10.4. The molecule has 4 rings (SSSR count). The van der Waals surface area contributed by atoms with Crippen LogP contribution in [0.25, 0.3) is 0 Å². The summed E-state index contributed by atoms with van der Waals surface area (Å²) in [5.41, 5.74) is 1.54. The lowest BCUT2D eigenvalue weighted by Gasteiger charge is -2.42. The summed E-state index contributed by atoms with van der Waals surface area (Å²) in [5, 5.41) is 0. The van der Waals surface area contributed by atoms with Gasteiger partial charge in [0, 0.05) is 38.9 Å². The second-order valence-electron chi connectivity index (χ2n) is 8.29. The van der Waals surface area contributed by atoms with E-state index in [-0.39, 0.29) is 0 Å². The molecule has 1 atom stereocenters. The van der Waals surface area contributed by atoms with Crippen molar-refractivity contribution in [1.82, 2.24) is 14.8 Å². The molecule has 0 aliphatic carbocycles. The topological polar surface area (TPSA) is 41.7 Å². The lowest BCUT2D eigenvalue weighted by Crippen LogP contribution is -2.44. The number of methoxy groups -OCH3 is 1. The van der Waals surface area contributed by atoms with Crippen LogP contribution in [0.5, 0.6) is 0 Å². The number of aryl methyl sites for hydroxylation is 1. The Kier molecular flexibility index (Phi) is 5.62. The van der Waals surface area contributed by atoms with E-state index in [9.17, 15) is 0 Å². The zero-order valence-electron chi connectivity index (χ0n) is 16.6. The lowest BCUT2D eigenvalue weighted by molar-refractivity contribution is 0.0330. The van der Waals surface area contributed by atoms with E-state index >= 15 is 0 Å². The number of aromatic nitrogens is 1. The summed E-state index contributed by atoms with van der Waals surface area (Å²) in [6.07, 6.45) is 4.36. The minimum absolute atomic E-state index is 0.375. The van der Waals surface area contributed by atoms with Crippen LogP contribution in [0.15, 0.2) is 40.9 Å². The third-order valence-electron chi connectivity index (χ3n) is 6.39. The summed E-state index contributed by atoms with van der Waals surface area (Å²) in [7, 11) is 1.84. The van der Waals surface area contributed by atoms with Gasteiger partial charge in [-0.05, 0) is 62.5 Å². The van der Waals surface area contributed by atoms with E-state index in [0.717, 1.165) is 63.1 Å². The summed E-state index contributed by atoms with van der Waals surface area (Å²) in [6.45, 7) is 9.28. The van der Waals surface area contributed by atoms with E-state index in [2.05, 4.69) is 39.0 Å². The van der Waals surface area contributed by atoms with Crippen LogP contribution in [0.2, 0.25) is 0 Å². The fourth-order valence-electron chi connectivity index (χ4n) is 4.93. The Labute approximate surface area is 162 Å². The maximum absolute atomic E-state index is 5.77. The van der Waals surface area contributed by atoms with Gasteiger partial charge in [-0.3, -0.25) is 14.8 Å². The van der Waals surface area contributed by atoms with Crippen molar-refractivity contribution in [2.24, 2.45) is 11.3 Å². The van der Waals surface area contributed by atoms with Crippen molar-refractivity contribution in [3.8, 4) is 0 Å². The number of rotatable bonds is 6. The molecule has 0 N–H and O–H groups in total. The average Bonchev–Trinajstić information content (AvgIpc) is 3.22. The third kappa shape index (κ3) is 4.26. The molecule has 2 aliphatic heterocycles. The van der Waals surface area contributed by atoms with Gasteiger partial charge in [0.25, 0.3) is 0 Å². The second kappa shape index (κ2) is 8.13. The molecule has 27 heavy (non-hydrogen) atoms. The SMILES string of the molecule is COC[C@@H]1CN(Cc2ccccn2)CC12CCN(Cc1ccc(C)o1)CC2. The molecule has 1 spiro atoms. The van der Waals surface area contributed by atoms with Crippen LogP contribution < -0.4 is 0 Å². The highest BCUT2D eigenvalue weighted by Gasteiger charge is 2.47. The fourth-order valence-corrected chi connectivity index (χ4v) is 4.93. The molecule has 0 bridgehead atoms. The summed E-state index contributed by atoms with van der Waals surface area (Å²) in [5.74, 6) is 2.69. The van der Waals surface area contributed by atoms with Crippen LogP contribution >= 0.6 is 0 Å². The van der Waals surface area contributed by atoms with Crippen LogP contribution in [-0.2, 0) is 17.8 Å². The van der Waals surface area contributed by atoms with Crippen LogP contribution in [0.1, 0.15) is 30.1 Å². The molecular weight excluding hydrogens is 338 g/mol. The number of hydrogen-bond acceptors (Lipinski definition) is 5. The molecule has 146 valence electrons. The predicted octanol–water partition coefficient (Wildman–Crippen LogP) is 3.34. The molecule has 0 saturated carbocycles. The Balaban J connectivity index is 1.38. The van der Waals surface area contributed by atoms with Crippen molar-refractivity contribution in [1.29, 1.82) is 0 Å². The highest BCUT2D eigenvalue weighted by molar-refractivity contribution is 5.08.